The fourth-order valence-electron chi connectivity index (χ4n) is 6.06. The van der Waals surface area contributed by atoms with Gasteiger partial charge in [-0.25, -0.2) is 4.79 Å². The lowest BCUT2D eigenvalue weighted by molar-refractivity contribution is 0.0238. The zero-order valence-electron chi connectivity index (χ0n) is 24.2. The van der Waals surface area contributed by atoms with E-state index in [1.54, 1.807) is 23.2 Å². The first-order valence-electron chi connectivity index (χ1n) is 13.8. The van der Waals surface area contributed by atoms with Crippen molar-refractivity contribution in [3.63, 3.8) is 0 Å². The molecule has 1 fully saturated rings. The molecule has 3 heterocycles. The van der Waals surface area contributed by atoms with Gasteiger partial charge in [0.15, 0.2) is 0 Å². The van der Waals surface area contributed by atoms with Gasteiger partial charge in [-0.3, -0.25) is 18.6 Å². The van der Waals surface area contributed by atoms with Crippen molar-refractivity contribution in [3.8, 4) is 0 Å². The third-order valence-electron chi connectivity index (χ3n) is 8.70. The van der Waals surface area contributed by atoms with Crippen LogP contribution in [0, 0.1) is 25.2 Å². The zero-order valence-corrected chi connectivity index (χ0v) is 25.7. The second-order valence-electron chi connectivity index (χ2n) is 11.6. The molecule has 1 aliphatic rings. The first kappa shape index (κ1) is 28.1. The maximum atomic E-state index is 13.9. The molecule has 9 nitrogen and oxygen atoms in total. The second kappa shape index (κ2) is 10.9. The van der Waals surface area contributed by atoms with Gasteiger partial charge in [0.25, 0.3) is 5.91 Å². The van der Waals surface area contributed by atoms with Crippen LogP contribution in [-0.2, 0) is 27.2 Å². The van der Waals surface area contributed by atoms with Gasteiger partial charge in [-0.1, -0.05) is 37.3 Å². The summed E-state index contributed by atoms with van der Waals surface area (Å²) in [4.78, 5) is 28.3. The van der Waals surface area contributed by atoms with Gasteiger partial charge in [0.1, 0.15) is 5.69 Å². The number of anilines is 1. The van der Waals surface area contributed by atoms with Crippen molar-refractivity contribution in [2.24, 2.45) is 25.4 Å². The fraction of sp³-hybridized carbons (Fsp3) is 0.467. The predicted octanol–water partition coefficient (Wildman–Crippen LogP) is 5.04. The summed E-state index contributed by atoms with van der Waals surface area (Å²) >= 11 is 3.61. The Kier molecular flexibility index (Phi) is 7.65. The van der Waals surface area contributed by atoms with E-state index in [1.807, 2.05) is 27.9 Å². The van der Waals surface area contributed by atoms with Gasteiger partial charge in [-0.05, 0) is 71.8 Å². The highest BCUT2D eigenvalue weighted by atomic mass is 79.9. The molecule has 1 atom stereocenters. The molecule has 2 aromatic heterocycles. The normalized spacial score (nSPS) is 17.6. The topological polar surface area (TPSA) is 90.0 Å². The number of aromatic nitrogens is 5. The average Bonchev–Trinajstić information content (AvgIpc) is 3.45. The quantitative estimate of drug-likeness (QED) is 0.318. The van der Waals surface area contributed by atoms with Crippen molar-refractivity contribution in [1.29, 1.82) is 0 Å². The Labute approximate surface area is 243 Å². The molecule has 0 aliphatic carbocycles. The van der Waals surface area contributed by atoms with Gasteiger partial charge in [-0.2, -0.15) is 0 Å². The van der Waals surface area contributed by atoms with Crippen LogP contribution in [0.15, 0.2) is 45.8 Å². The van der Waals surface area contributed by atoms with Gasteiger partial charge in [0.2, 0.25) is 0 Å². The van der Waals surface area contributed by atoms with Gasteiger partial charge in [0, 0.05) is 42.8 Å². The SMILES string of the molecule is Cc1cccc(C)c1NCc1cn(CC2(C(C)C)CCCN(C(=O)c3cc4c(cc3Br)n(C)c(=O)n4C)C2)nn1. The number of piperidine rings is 1. The molecule has 4 aromatic rings. The summed E-state index contributed by atoms with van der Waals surface area (Å²) < 4.78 is 5.83. The Balaban J connectivity index is 1.35. The number of halogens is 1. The second-order valence-corrected chi connectivity index (χ2v) is 12.5. The molecule has 1 aliphatic heterocycles. The molecule has 1 unspecified atom stereocenters. The van der Waals surface area contributed by atoms with Crippen molar-refractivity contribution < 1.29 is 4.79 Å². The molecule has 2 aromatic carbocycles. The van der Waals surface area contributed by atoms with E-state index in [9.17, 15) is 9.59 Å². The Morgan fingerprint density at radius 1 is 1.12 bits per heavy atom. The lowest BCUT2D eigenvalue weighted by atomic mass is 9.71. The van der Waals surface area contributed by atoms with E-state index in [0.717, 1.165) is 35.3 Å². The zero-order chi connectivity index (χ0) is 28.8. The van der Waals surface area contributed by atoms with Crippen molar-refractivity contribution in [1.82, 2.24) is 29.0 Å². The van der Waals surface area contributed by atoms with Gasteiger partial charge < -0.3 is 10.2 Å². The lowest BCUT2D eigenvalue weighted by Crippen LogP contribution is -2.50. The predicted molar refractivity (Wildman–Crippen MR) is 162 cm³/mol. The van der Waals surface area contributed by atoms with Crippen LogP contribution in [-0.4, -0.2) is 48.0 Å². The molecule has 10 heteroatoms. The van der Waals surface area contributed by atoms with Crippen LogP contribution in [0.1, 0.15) is 53.9 Å². The Morgan fingerprint density at radius 2 is 1.80 bits per heavy atom. The first-order chi connectivity index (χ1) is 19.0. The number of fused-ring (bicyclic) bond motifs is 1. The largest absolute Gasteiger partial charge is 0.379 e. The maximum Gasteiger partial charge on any atom is 0.328 e. The van der Waals surface area contributed by atoms with Crippen LogP contribution < -0.4 is 11.0 Å². The van der Waals surface area contributed by atoms with Crippen LogP contribution in [0.4, 0.5) is 5.69 Å². The number of para-hydroxylation sites is 1. The summed E-state index contributed by atoms with van der Waals surface area (Å²) in [6, 6.07) is 9.98. The first-order valence-corrected chi connectivity index (χ1v) is 14.6. The number of nitrogens with zero attached hydrogens (tertiary/aromatic N) is 6. The number of benzene rings is 2. The average molecular weight is 609 g/mol. The molecule has 1 amide bonds. The third-order valence-corrected chi connectivity index (χ3v) is 9.36. The highest BCUT2D eigenvalue weighted by molar-refractivity contribution is 9.10. The summed E-state index contributed by atoms with van der Waals surface area (Å²) in [5, 5.41) is 12.4. The smallest absolute Gasteiger partial charge is 0.328 e. The number of rotatable bonds is 7. The molecule has 212 valence electrons. The van der Waals surface area contributed by atoms with E-state index in [1.165, 1.54) is 11.1 Å². The fourth-order valence-corrected chi connectivity index (χ4v) is 6.56. The summed E-state index contributed by atoms with van der Waals surface area (Å²) in [7, 11) is 3.48. The molecule has 0 radical (unpaired) electrons. The maximum absolute atomic E-state index is 13.9. The van der Waals surface area contributed by atoms with E-state index >= 15 is 0 Å². The van der Waals surface area contributed by atoms with Crippen LogP contribution >= 0.6 is 15.9 Å². The number of hydrogen-bond acceptors (Lipinski definition) is 5. The van der Waals surface area contributed by atoms with E-state index in [4.69, 9.17) is 0 Å². The summed E-state index contributed by atoms with van der Waals surface area (Å²) in [5.74, 6) is 0.316. The van der Waals surface area contributed by atoms with E-state index in [-0.39, 0.29) is 17.0 Å². The number of carbonyl (C=O) groups excluding carboxylic acids is 1. The molecule has 0 saturated carbocycles. The Bertz CT molecular complexity index is 1610. The van der Waals surface area contributed by atoms with E-state index in [2.05, 4.69) is 77.5 Å². The number of imidazole rings is 1. The Hall–Kier alpha value is -3.40. The van der Waals surface area contributed by atoms with Crippen molar-refractivity contribution >= 4 is 38.6 Å². The van der Waals surface area contributed by atoms with Gasteiger partial charge >= 0.3 is 5.69 Å². The summed E-state index contributed by atoms with van der Waals surface area (Å²) in [6.45, 7) is 11.3. The molecule has 0 spiro atoms. The van der Waals surface area contributed by atoms with Gasteiger partial charge in [-0.15, -0.1) is 5.10 Å². The van der Waals surface area contributed by atoms with Crippen LogP contribution in [0.2, 0.25) is 0 Å². The number of aryl methyl sites for hydroxylation is 4. The van der Waals surface area contributed by atoms with Crippen molar-refractivity contribution in [3.05, 3.63) is 73.9 Å². The number of carbonyl (C=O) groups is 1. The molecule has 40 heavy (non-hydrogen) atoms. The molecule has 0 bridgehead atoms. The van der Waals surface area contributed by atoms with E-state index < -0.39 is 0 Å². The highest BCUT2D eigenvalue weighted by Crippen LogP contribution is 2.40. The minimum Gasteiger partial charge on any atom is -0.379 e. The van der Waals surface area contributed by atoms with Crippen molar-refractivity contribution in [2.75, 3.05) is 18.4 Å². The highest BCUT2D eigenvalue weighted by Gasteiger charge is 2.41. The molecule has 5 rings (SSSR count). The minimum atomic E-state index is -0.130. The molecule has 1 N–H and O–H groups in total. The van der Waals surface area contributed by atoms with Gasteiger partial charge in [0.05, 0.1) is 35.9 Å². The summed E-state index contributed by atoms with van der Waals surface area (Å²) in [5.41, 5.74) is 6.31. The number of likely N-dealkylation sites (tertiary alicyclic amines) is 1. The van der Waals surface area contributed by atoms with Crippen LogP contribution in [0.5, 0.6) is 0 Å². The molecular formula is C30H38BrN7O2. The van der Waals surface area contributed by atoms with Crippen LogP contribution in [0.25, 0.3) is 11.0 Å². The molecular weight excluding hydrogens is 570 g/mol. The number of hydrogen-bond donors (Lipinski definition) is 1. The molecule has 1 saturated heterocycles. The number of nitrogens with one attached hydrogen (secondary N) is 1. The van der Waals surface area contributed by atoms with Crippen molar-refractivity contribution in [2.45, 2.75) is 53.6 Å². The standard InChI is InChI=1S/C30H38BrN7O2/c1-19(2)30(18-38-16-22(33-34-38)15-32-27-20(3)9-7-10-21(27)4)11-8-12-37(17-30)28(39)23-13-25-26(14-24(23)31)36(6)29(40)35(25)5/h7,9-10,13-14,16,19,32H,8,11-12,15,17-18H2,1-6H3. The van der Waals surface area contributed by atoms with E-state index in [0.29, 0.717) is 42.1 Å². The van der Waals surface area contributed by atoms with Crippen LogP contribution in [0.3, 0.4) is 0 Å². The third kappa shape index (κ3) is 5.09. The Morgan fingerprint density at radius 3 is 2.48 bits per heavy atom. The minimum absolute atomic E-state index is 0.0214. The summed E-state index contributed by atoms with van der Waals surface area (Å²) in [6.07, 6.45) is 3.95. The monoisotopic (exact) mass is 607 g/mol. The lowest BCUT2D eigenvalue weighted by Gasteiger charge is -2.45. The number of amides is 1.